The normalized spacial score (nSPS) is 16.9. The van der Waals surface area contributed by atoms with Gasteiger partial charge in [0.05, 0.1) is 13.7 Å². The molecule has 0 saturated carbocycles. The lowest BCUT2D eigenvalue weighted by Crippen LogP contribution is -2.53. The number of methoxy groups -OCH3 is 1. The van der Waals surface area contributed by atoms with Crippen molar-refractivity contribution in [1.29, 1.82) is 0 Å². The molecule has 32 heavy (non-hydrogen) atoms. The Morgan fingerprint density at radius 3 is 2.44 bits per heavy atom. The zero-order valence-corrected chi connectivity index (χ0v) is 19.7. The minimum Gasteiger partial charge on any atom is -0.497 e. The molecule has 2 aromatic rings. The fourth-order valence-electron chi connectivity index (χ4n) is 4.08. The van der Waals surface area contributed by atoms with Gasteiger partial charge < -0.3 is 25.4 Å². The lowest BCUT2D eigenvalue weighted by Gasteiger charge is -2.39. The highest BCUT2D eigenvalue weighted by Gasteiger charge is 2.34. The molecule has 0 amide bonds. The highest BCUT2D eigenvalue weighted by atomic mass is 16.5. The minimum atomic E-state index is -0.0636. The molecule has 0 aliphatic carbocycles. The van der Waals surface area contributed by atoms with Gasteiger partial charge in [-0.2, -0.15) is 0 Å². The van der Waals surface area contributed by atoms with Crippen molar-refractivity contribution in [3.63, 3.8) is 0 Å². The molecule has 1 fully saturated rings. The van der Waals surface area contributed by atoms with E-state index in [4.69, 9.17) is 14.5 Å². The number of hydrogen-bond acceptors (Lipinski definition) is 4. The monoisotopic (exact) mass is 438 g/mol. The van der Waals surface area contributed by atoms with Crippen LogP contribution in [0, 0.1) is 0 Å². The van der Waals surface area contributed by atoms with E-state index in [9.17, 15) is 0 Å². The van der Waals surface area contributed by atoms with Gasteiger partial charge in [-0.3, -0.25) is 4.99 Å². The Kier molecular flexibility index (Phi) is 9.38. The summed E-state index contributed by atoms with van der Waals surface area (Å²) in [6, 6.07) is 19.1. The molecule has 1 aliphatic rings. The highest BCUT2D eigenvalue weighted by molar-refractivity contribution is 5.79. The van der Waals surface area contributed by atoms with Crippen LogP contribution in [0.4, 0.5) is 0 Å². The molecule has 6 heteroatoms. The zero-order valence-electron chi connectivity index (χ0n) is 19.7. The van der Waals surface area contributed by atoms with Gasteiger partial charge in [-0.15, -0.1) is 0 Å². The molecule has 0 bridgehead atoms. The maximum atomic E-state index is 5.67. The molecule has 174 valence electrons. The standard InChI is InChI=1S/C26H38N4O2/c1-4-27-25(28-17-14-22-10-12-24(31-3)13-11-22)29-20-26(15-18-32-19-16-26)30-21(2)23-8-6-5-7-9-23/h5-13,21,30H,4,14-20H2,1-3H3,(H2,27,28,29). The summed E-state index contributed by atoms with van der Waals surface area (Å²) in [4.78, 5) is 4.97. The van der Waals surface area contributed by atoms with E-state index >= 15 is 0 Å². The third kappa shape index (κ3) is 7.24. The molecule has 0 spiro atoms. The van der Waals surface area contributed by atoms with Crippen LogP contribution in [-0.2, 0) is 11.2 Å². The molecule has 1 atom stereocenters. The first kappa shape index (κ1) is 24.1. The van der Waals surface area contributed by atoms with Gasteiger partial charge in [-0.1, -0.05) is 42.5 Å². The predicted molar refractivity (Wildman–Crippen MR) is 131 cm³/mol. The first-order valence-electron chi connectivity index (χ1n) is 11.7. The van der Waals surface area contributed by atoms with Crippen molar-refractivity contribution in [2.24, 2.45) is 4.99 Å². The number of nitrogens with one attached hydrogen (secondary N) is 3. The van der Waals surface area contributed by atoms with Crippen LogP contribution in [0.25, 0.3) is 0 Å². The Morgan fingerprint density at radius 1 is 1.06 bits per heavy atom. The largest absolute Gasteiger partial charge is 0.497 e. The fourth-order valence-corrected chi connectivity index (χ4v) is 4.08. The van der Waals surface area contributed by atoms with Crippen molar-refractivity contribution in [3.8, 4) is 5.75 Å². The van der Waals surface area contributed by atoms with Crippen molar-refractivity contribution in [3.05, 3.63) is 65.7 Å². The van der Waals surface area contributed by atoms with Crippen LogP contribution < -0.4 is 20.7 Å². The lowest BCUT2D eigenvalue weighted by molar-refractivity contribution is 0.0374. The number of aliphatic imine (C=N–C) groups is 1. The van der Waals surface area contributed by atoms with E-state index in [2.05, 4.69) is 72.3 Å². The van der Waals surface area contributed by atoms with Crippen LogP contribution in [0.5, 0.6) is 5.75 Å². The zero-order chi connectivity index (χ0) is 22.7. The van der Waals surface area contributed by atoms with E-state index < -0.39 is 0 Å². The van der Waals surface area contributed by atoms with E-state index in [1.165, 1.54) is 11.1 Å². The van der Waals surface area contributed by atoms with Crippen LogP contribution in [0.2, 0.25) is 0 Å². The van der Waals surface area contributed by atoms with Gasteiger partial charge in [-0.05, 0) is 56.4 Å². The number of guanidine groups is 1. The Balaban J connectivity index is 1.61. The van der Waals surface area contributed by atoms with Crippen LogP contribution in [0.15, 0.2) is 59.6 Å². The first-order valence-corrected chi connectivity index (χ1v) is 11.7. The number of benzene rings is 2. The lowest BCUT2D eigenvalue weighted by atomic mass is 9.88. The molecule has 1 unspecified atom stereocenters. The molecule has 1 aliphatic heterocycles. The molecule has 0 aromatic heterocycles. The molecule has 1 saturated heterocycles. The predicted octanol–water partition coefficient (Wildman–Crippen LogP) is 3.69. The van der Waals surface area contributed by atoms with E-state index in [1.54, 1.807) is 7.11 Å². The molecular weight excluding hydrogens is 400 g/mol. The average molecular weight is 439 g/mol. The second-order valence-electron chi connectivity index (χ2n) is 8.39. The van der Waals surface area contributed by atoms with Crippen LogP contribution in [0.1, 0.15) is 43.9 Å². The van der Waals surface area contributed by atoms with E-state index in [0.29, 0.717) is 6.54 Å². The molecular formula is C26H38N4O2. The SMILES string of the molecule is CCNC(=NCC1(NC(C)c2ccccc2)CCOCC1)NCCc1ccc(OC)cc1. The van der Waals surface area contributed by atoms with Gasteiger partial charge in [0.1, 0.15) is 5.75 Å². The quantitative estimate of drug-likeness (QED) is 0.390. The van der Waals surface area contributed by atoms with E-state index in [-0.39, 0.29) is 11.6 Å². The van der Waals surface area contributed by atoms with Crippen LogP contribution in [-0.4, -0.2) is 51.5 Å². The summed E-state index contributed by atoms with van der Waals surface area (Å²) in [6.45, 7) is 8.23. The average Bonchev–Trinajstić information content (AvgIpc) is 2.84. The maximum absolute atomic E-state index is 5.67. The van der Waals surface area contributed by atoms with E-state index in [0.717, 1.165) is 57.3 Å². The van der Waals surface area contributed by atoms with Gasteiger partial charge in [0.2, 0.25) is 0 Å². The molecule has 3 N–H and O–H groups in total. The smallest absolute Gasteiger partial charge is 0.191 e. The summed E-state index contributed by atoms with van der Waals surface area (Å²) in [5, 5.41) is 10.8. The maximum Gasteiger partial charge on any atom is 0.191 e. The second-order valence-corrected chi connectivity index (χ2v) is 8.39. The third-order valence-electron chi connectivity index (χ3n) is 6.02. The Hall–Kier alpha value is -2.57. The Morgan fingerprint density at radius 2 is 1.78 bits per heavy atom. The summed E-state index contributed by atoms with van der Waals surface area (Å²) in [7, 11) is 1.69. The summed E-state index contributed by atoms with van der Waals surface area (Å²) in [5.41, 5.74) is 2.51. The van der Waals surface area contributed by atoms with Crippen molar-refractivity contribution >= 4 is 5.96 Å². The van der Waals surface area contributed by atoms with Crippen molar-refractivity contribution < 1.29 is 9.47 Å². The highest BCUT2D eigenvalue weighted by Crippen LogP contribution is 2.26. The molecule has 3 rings (SSSR count). The van der Waals surface area contributed by atoms with Crippen LogP contribution >= 0.6 is 0 Å². The Labute approximate surface area is 192 Å². The Bertz CT molecular complexity index is 817. The van der Waals surface area contributed by atoms with Crippen molar-refractivity contribution in [2.75, 3.05) is 40.0 Å². The molecule has 0 radical (unpaired) electrons. The molecule has 6 nitrogen and oxygen atoms in total. The van der Waals surface area contributed by atoms with Gasteiger partial charge >= 0.3 is 0 Å². The summed E-state index contributed by atoms with van der Waals surface area (Å²) in [6.07, 6.45) is 2.84. The van der Waals surface area contributed by atoms with Crippen LogP contribution in [0.3, 0.4) is 0 Å². The first-order chi connectivity index (χ1) is 15.6. The summed E-state index contributed by atoms with van der Waals surface area (Å²) >= 11 is 0. The molecule has 1 heterocycles. The van der Waals surface area contributed by atoms with Crippen molar-refractivity contribution in [1.82, 2.24) is 16.0 Å². The summed E-state index contributed by atoms with van der Waals surface area (Å²) in [5.74, 6) is 1.75. The molecule has 2 aromatic carbocycles. The van der Waals surface area contributed by atoms with Gasteiger partial charge in [0, 0.05) is 37.9 Å². The fraction of sp³-hybridized carbons (Fsp3) is 0.500. The number of hydrogen-bond donors (Lipinski definition) is 3. The van der Waals surface area contributed by atoms with Crippen molar-refractivity contribution in [2.45, 2.75) is 44.7 Å². The third-order valence-corrected chi connectivity index (χ3v) is 6.02. The number of nitrogens with zero attached hydrogens (tertiary/aromatic N) is 1. The van der Waals surface area contributed by atoms with E-state index in [1.807, 2.05) is 12.1 Å². The number of ether oxygens (including phenoxy) is 2. The van der Waals surface area contributed by atoms with Gasteiger partial charge in [0.25, 0.3) is 0 Å². The topological polar surface area (TPSA) is 66.9 Å². The minimum absolute atomic E-state index is 0.0636. The van der Waals surface area contributed by atoms with Gasteiger partial charge in [-0.25, -0.2) is 0 Å². The summed E-state index contributed by atoms with van der Waals surface area (Å²) < 4.78 is 10.9. The second kappa shape index (κ2) is 12.5. The number of rotatable bonds is 10. The van der Waals surface area contributed by atoms with Gasteiger partial charge in [0.15, 0.2) is 5.96 Å².